The van der Waals surface area contributed by atoms with Gasteiger partial charge in [0.25, 0.3) is 0 Å². The maximum atomic E-state index is 11.9. The summed E-state index contributed by atoms with van der Waals surface area (Å²) in [5, 5.41) is 20.4. The van der Waals surface area contributed by atoms with Crippen molar-refractivity contribution in [1.29, 1.82) is 0 Å². The molecule has 6 heteroatoms. The Bertz CT molecular complexity index is 306. The van der Waals surface area contributed by atoms with E-state index in [1.54, 1.807) is 18.7 Å². The molecular formula is C12H22N2O4. The van der Waals surface area contributed by atoms with E-state index in [1.165, 1.54) is 0 Å². The second-order valence-electron chi connectivity index (χ2n) is 5.12. The molecule has 1 aliphatic heterocycles. The molecule has 1 aliphatic rings. The monoisotopic (exact) mass is 258 g/mol. The quantitative estimate of drug-likeness (QED) is 0.670. The smallest absolute Gasteiger partial charge is 0.326 e. The molecule has 2 atom stereocenters. The molecule has 0 aromatic carbocycles. The third-order valence-electron chi connectivity index (χ3n) is 3.32. The largest absolute Gasteiger partial charge is 0.480 e. The van der Waals surface area contributed by atoms with Gasteiger partial charge in [-0.1, -0.05) is 13.8 Å². The topological polar surface area (TPSA) is 89.9 Å². The van der Waals surface area contributed by atoms with Gasteiger partial charge in [-0.3, -0.25) is 0 Å². The van der Waals surface area contributed by atoms with Crippen LogP contribution < -0.4 is 5.32 Å². The standard InChI is InChI=1S/C12H22N2O4/c1-8(2)10(11(16)17)13-12(18)14-5-3-9(7-14)4-6-15/h8-10,15H,3-7H2,1-2H3,(H,13,18)(H,16,17). The zero-order valence-corrected chi connectivity index (χ0v) is 10.9. The number of likely N-dealkylation sites (tertiary alicyclic amines) is 1. The van der Waals surface area contributed by atoms with E-state index in [9.17, 15) is 9.59 Å². The first kappa shape index (κ1) is 14.8. The van der Waals surface area contributed by atoms with Crippen LogP contribution in [0.1, 0.15) is 26.7 Å². The van der Waals surface area contributed by atoms with Crippen LogP contribution in [0.3, 0.4) is 0 Å². The van der Waals surface area contributed by atoms with Crippen molar-refractivity contribution in [3.05, 3.63) is 0 Å². The number of carbonyl (C=O) groups is 2. The Balaban J connectivity index is 2.48. The van der Waals surface area contributed by atoms with Gasteiger partial charge in [-0.05, 0) is 24.7 Å². The van der Waals surface area contributed by atoms with Crippen LogP contribution in [0.5, 0.6) is 0 Å². The van der Waals surface area contributed by atoms with E-state index in [0.717, 1.165) is 6.42 Å². The number of amides is 2. The third-order valence-corrected chi connectivity index (χ3v) is 3.32. The van der Waals surface area contributed by atoms with Crippen LogP contribution in [0.25, 0.3) is 0 Å². The highest BCUT2D eigenvalue weighted by atomic mass is 16.4. The molecule has 0 aromatic rings. The first-order valence-electron chi connectivity index (χ1n) is 6.34. The highest BCUT2D eigenvalue weighted by molar-refractivity contribution is 5.82. The van der Waals surface area contributed by atoms with Crippen LogP contribution in [-0.4, -0.2) is 52.9 Å². The average Bonchev–Trinajstić information content (AvgIpc) is 2.73. The van der Waals surface area contributed by atoms with Crippen LogP contribution >= 0.6 is 0 Å². The predicted molar refractivity (Wildman–Crippen MR) is 66.2 cm³/mol. The highest BCUT2D eigenvalue weighted by Gasteiger charge is 2.30. The summed E-state index contributed by atoms with van der Waals surface area (Å²) in [4.78, 5) is 24.5. The van der Waals surface area contributed by atoms with Gasteiger partial charge in [0.05, 0.1) is 0 Å². The fourth-order valence-electron chi connectivity index (χ4n) is 2.17. The Hall–Kier alpha value is -1.30. The minimum Gasteiger partial charge on any atom is -0.480 e. The molecule has 1 heterocycles. The summed E-state index contributed by atoms with van der Waals surface area (Å²) in [6, 6.07) is -1.18. The van der Waals surface area contributed by atoms with Crippen molar-refractivity contribution in [2.24, 2.45) is 11.8 Å². The number of nitrogens with one attached hydrogen (secondary N) is 1. The maximum absolute atomic E-state index is 11.9. The molecule has 0 aliphatic carbocycles. The first-order chi connectivity index (χ1) is 8.45. The molecule has 1 saturated heterocycles. The number of rotatable bonds is 5. The van der Waals surface area contributed by atoms with Crippen LogP contribution in [0.15, 0.2) is 0 Å². The lowest BCUT2D eigenvalue weighted by Crippen LogP contribution is -2.49. The molecule has 0 spiro atoms. The molecule has 3 N–H and O–H groups in total. The fourth-order valence-corrected chi connectivity index (χ4v) is 2.17. The highest BCUT2D eigenvalue weighted by Crippen LogP contribution is 2.19. The van der Waals surface area contributed by atoms with E-state index in [-0.39, 0.29) is 18.6 Å². The minimum absolute atomic E-state index is 0.129. The summed E-state index contributed by atoms with van der Waals surface area (Å²) >= 11 is 0. The van der Waals surface area contributed by atoms with Crippen LogP contribution in [0.4, 0.5) is 4.79 Å². The summed E-state index contributed by atoms with van der Waals surface area (Å²) < 4.78 is 0. The van der Waals surface area contributed by atoms with Gasteiger partial charge < -0.3 is 20.4 Å². The molecule has 2 amide bonds. The van der Waals surface area contributed by atoms with Crippen molar-refractivity contribution in [1.82, 2.24) is 10.2 Å². The van der Waals surface area contributed by atoms with Crippen molar-refractivity contribution in [2.75, 3.05) is 19.7 Å². The summed E-state index contributed by atoms with van der Waals surface area (Å²) in [5.74, 6) is -0.838. The lowest BCUT2D eigenvalue weighted by molar-refractivity contribution is -0.140. The Labute approximate surface area is 107 Å². The molecular weight excluding hydrogens is 236 g/mol. The van der Waals surface area contributed by atoms with Gasteiger partial charge in [0, 0.05) is 19.7 Å². The van der Waals surface area contributed by atoms with E-state index in [4.69, 9.17) is 10.2 Å². The summed E-state index contributed by atoms with van der Waals surface area (Å²) in [7, 11) is 0. The molecule has 6 nitrogen and oxygen atoms in total. The second kappa shape index (κ2) is 6.58. The number of aliphatic carboxylic acids is 1. The normalized spacial score (nSPS) is 21.1. The number of nitrogens with zero attached hydrogens (tertiary/aromatic N) is 1. The number of aliphatic hydroxyl groups is 1. The maximum Gasteiger partial charge on any atom is 0.326 e. The lowest BCUT2D eigenvalue weighted by Gasteiger charge is -2.23. The average molecular weight is 258 g/mol. The van der Waals surface area contributed by atoms with E-state index in [0.29, 0.717) is 25.4 Å². The Morgan fingerprint density at radius 3 is 2.61 bits per heavy atom. The van der Waals surface area contributed by atoms with Crippen LogP contribution in [-0.2, 0) is 4.79 Å². The van der Waals surface area contributed by atoms with Gasteiger partial charge in [0.1, 0.15) is 6.04 Å². The van der Waals surface area contributed by atoms with E-state index in [1.807, 2.05) is 0 Å². The van der Waals surface area contributed by atoms with Gasteiger partial charge in [-0.15, -0.1) is 0 Å². The number of carboxylic acid groups (broad SMARTS) is 1. The zero-order valence-electron chi connectivity index (χ0n) is 10.9. The fraction of sp³-hybridized carbons (Fsp3) is 0.833. The van der Waals surface area contributed by atoms with E-state index in [2.05, 4.69) is 5.32 Å². The van der Waals surface area contributed by atoms with E-state index >= 15 is 0 Å². The van der Waals surface area contributed by atoms with Gasteiger partial charge in [0.2, 0.25) is 0 Å². The molecule has 0 radical (unpaired) electrons. The lowest BCUT2D eigenvalue weighted by atomic mass is 10.1. The molecule has 1 fully saturated rings. The molecule has 104 valence electrons. The number of carbonyl (C=O) groups excluding carboxylic acids is 1. The van der Waals surface area contributed by atoms with Crippen LogP contribution in [0.2, 0.25) is 0 Å². The van der Waals surface area contributed by atoms with Gasteiger partial charge in [0.15, 0.2) is 0 Å². The zero-order chi connectivity index (χ0) is 13.7. The summed E-state index contributed by atoms with van der Waals surface area (Å²) in [6.07, 6.45) is 1.56. The summed E-state index contributed by atoms with van der Waals surface area (Å²) in [6.45, 7) is 4.87. The number of aliphatic hydroxyl groups excluding tert-OH is 1. The van der Waals surface area contributed by atoms with Crippen molar-refractivity contribution in [3.63, 3.8) is 0 Å². The Morgan fingerprint density at radius 1 is 1.44 bits per heavy atom. The van der Waals surface area contributed by atoms with Gasteiger partial charge in [-0.25, -0.2) is 9.59 Å². The third kappa shape index (κ3) is 3.87. The molecule has 18 heavy (non-hydrogen) atoms. The first-order valence-corrected chi connectivity index (χ1v) is 6.34. The molecule has 0 aromatic heterocycles. The number of urea groups is 1. The van der Waals surface area contributed by atoms with Gasteiger partial charge >= 0.3 is 12.0 Å². The molecule has 2 unspecified atom stereocenters. The van der Waals surface area contributed by atoms with Crippen LogP contribution in [0, 0.1) is 11.8 Å². The van der Waals surface area contributed by atoms with Crippen molar-refractivity contribution >= 4 is 12.0 Å². The van der Waals surface area contributed by atoms with Crippen molar-refractivity contribution < 1.29 is 19.8 Å². The minimum atomic E-state index is -1.01. The van der Waals surface area contributed by atoms with Gasteiger partial charge in [-0.2, -0.15) is 0 Å². The number of hydrogen-bond donors (Lipinski definition) is 3. The second-order valence-corrected chi connectivity index (χ2v) is 5.12. The van der Waals surface area contributed by atoms with Crippen molar-refractivity contribution in [3.8, 4) is 0 Å². The molecule has 0 saturated carbocycles. The van der Waals surface area contributed by atoms with Crippen molar-refractivity contribution in [2.45, 2.75) is 32.7 Å². The number of carboxylic acids is 1. The Kier molecular flexibility index (Phi) is 5.40. The predicted octanol–water partition coefficient (Wildman–Crippen LogP) is 0.509. The SMILES string of the molecule is CC(C)C(NC(=O)N1CCC(CCO)C1)C(=O)O. The molecule has 1 rings (SSSR count). The van der Waals surface area contributed by atoms with E-state index < -0.39 is 12.0 Å². The summed E-state index contributed by atoms with van der Waals surface area (Å²) in [5.41, 5.74) is 0. The number of hydrogen-bond acceptors (Lipinski definition) is 3. The Morgan fingerprint density at radius 2 is 2.11 bits per heavy atom. The molecule has 0 bridgehead atoms.